The smallest absolute Gasteiger partial charge is 0.190 e. The number of allylic oxidation sites excluding steroid dienone is 4. The van der Waals surface area contributed by atoms with Gasteiger partial charge in [-0.05, 0) is 68.4 Å². The maximum absolute atomic E-state index is 13.3. The van der Waals surface area contributed by atoms with Gasteiger partial charge in [0.2, 0.25) is 0 Å². The van der Waals surface area contributed by atoms with Crippen molar-refractivity contribution < 1.29 is 24.5 Å². The van der Waals surface area contributed by atoms with Crippen molar-refractivity contribution in [3.8, 4) is 0 Å². The summed E-state index contributed by atoms with van der Waals surface area (Å²) in [6.07, 6.45) is 11.0. The molecule has 5 aliphatic rings. The Balaban J connectivity index is 1.55. The number of Topliss-reactive ketones (excluding diaryl/α,β-unsaturated/α-hetero) is 1. The Morgan fingerprint density at radius 3 is 2.77 bits per heavy atom. The normalized spacial score (nSPS) is 50.4. The Hall–Kier alpha value is -1.30. The van der Waals surface area contributed by atoms with Crippen molar-refractivity contribution >= 4 is 11.6 Å². The highest BCUT2D eigenvalue weighted by Crippen LogP contribution is 2.71. The van der Waals surface area contributed by atoms with E-state index in [0.29, 0.717) is 6.42 Å². The molecule has 1 unspecified atom stereocenters. The molecular formula is C26H36O5. The molecule has 0 radical (unpaired) electrons. The average molecular weight is 429 g/mol. The van der Waals surface area contributed by atoms with Crippen molar-refractivity contribution in [3.05, 3.63) is 23.8 Å². The second kappa shape index (κ2) is 7.10. The molecule has 4 fully saturated rings. The van der Waals surface area contributed by atoms with E-state index in [-0.39, 0.29) is 46.8 Å². The highest BCUT2D eigenvalue weighted by atomic mass is 16.5. The molecule has 0 bridgehead atoms. The second-order valence-corrected chi connectivity index (χ2v) is 11.2. The van der Waals surface area contributed by atoms with Crippen molar-refractivity contribution in [1.29, 1.82) is 0 Å². The highest BCUT2D eigenvalue weighted by molar-refractivity contribution is 6.01. The molecule has 0 aromatic heterocycles. The molecule has 5 heteroatoms. The van der Waals surface area contributed by atoms with Crippen molar-refractivity contribution in [2.75, 3.05) is 6.61 Å². The predicted octanol–water partition coefficient (Wildman–Crippen LogP) is 3.38. The number of rotatable bonds is 4. The van der Waals surface area contributed by atoms with Crippen LogP contribution in [0.15, 0.2) is 23.8 Å². The zero-order chi connectivity index (χ0) is 22.2. The van der Waals surface area contributed by atoms with Gasteiger partial charge in [-0.25, -0.2) is 0 Å². The molecule has 9 atom stereocenters. The third-order valence-electron chi connectivity index (χ3n) is 9.92. The molecule has 5 nitrogen and oxygen atoms in total. The van der Waals surface area contributed by atoms with Gasteiger partial charge in [0.1, 0.15) is 12.2 Å². The van der Waals surface area contributed by atoms with E-state index in [1.54, 1.807) is 12.2 Å². The van der Waals surface area contributed by atoms with Crippen LogP contribution in [0.1, 0.15) is 65.7 Å². The summed E-state index contributed by atoms with van der Waals surface area (Å²) in [6, 6.07) is 0. The molecule has 5 rings (SSSR count). The first-order valence-electron chi connectivity index (χ1n) is 12.2. The summed E-state index contributed by atoms with van der Waals surface area (Å²) in [5.41, 5.74) is -0.628. The van der Waals surface area contributed by atoms with Gasteiger partial charge in [0, 0.05) is 16.7 Å². The van der Waals surface area contributed by atoms with Gasteiger partial charge in [-0.1, -0.05) is 38.8 Å². The standard InChI is InChI=1S/C26H36O5/c1-4-5-18-11-16-12-20-19-7-6-15-10-17(28)8-9-24(15,2)23(19)21(29)13-25(20,3)26(16,31-18)22(30)14-27/h8-10,16,18-21,23,27,29H,4-7,11-14H2,1-3H3/t16-,18?,19+,20+,21+,23-,24+,25+,26+/m1/s1. The number of fused-ring (bicyclic) bond motifs is 7. The summed E-state index contributed by atoms with van der Waals surface area (Å²) in [6.45, 7) is 5.95. The predicted molar refractivity (Wildman–Crippen MR) is 116 cm³/mol. The first-order chi connectivity index (χ1) is 14.7. The van der Waals surface area contributed by atoms with Crippen LogP contribution in [0.25, 0.3) is 0 Å². The van der Waals surface area contributed by atoms with Gasteiger partial charge in [0.15, 0.2) is 11.6 Å². The Morgan fingerprint density at radius 2 is 2.06 bits per heavy atom. The summed E-state index contributed by atoms with van der Waals surface area (Å²) >= 11 is 0. The van der Waals surface area contributed by atoms with Gasteiger partial charge in [-0.3, -0.25) is 9.59 Å². The molecule has 0 spiro atoms. The summed E-state index contributed by atoms with van der Waals surface area (Å²) in [5.74, 6) is 0.542. The van der Waals surface area contributed by atoms with Gasteiger partial charge >= 0.3 is 0 Å². The van der Waals surface area contributed by atoms with Crippen molar-refractivity contribution in [1.82, 2.24) is 0 Å². The van der Waals surface area contributed by atoms with Gasteiger partial charge in [0.05, 0.1) is 12.2 Å². The van der Waals surface area contributed by atoms with Crippen LogP contribution < -0.4 is 0 Å². The van der Waals surface area contributed by atoms with Crippen LogP contribution in [0.4, 0.5) is 0 Å². The van der Waals surface area contributed by atoms with E-state index in [4.69, 9.17) is 4.74 Å². The fourth-order valence-corrected chi connectivity index (χ4v) is 8.82. The first-order valence-corrected chi connectivity index (χ1v) is 12.2. The molecule has 0 aromatic carbocycles. The molecule has 1 aliphatic heterocycles. The Labute approximate surface area is 184 Å². The Morgan fingerprint density at radius 1 is 1.29 bits per heavy atom. The topological polar surface area (TPSA) is 83.8 Å². The van der Waals surface area contributed by atoms with Crippen LogP contribution in [0.3, 0.4) is 0 Å². The van der Waals surface area contributed by atoms with Crippen LogP contribution in [-0.4, -0.2) is 46.2 Å². The highest BCUT2D eigenvalue weighted by Gasteiger charge is 2.74. The third kappa shape index (κ3) is 2.66. The summed E-state index contributed by atoms with van der Waals surface area (Å²) < 4.78 is 6.62. The number of hydrogen-bond acceptors (Lipinski definition) is 5. The van der Waals surface area contributed by atoms with Crippen LogP contribution in [-0.2, 0) is 14.3 Å². The lowest BCUT2D eigenvalue weighted by Gasteiger charge is -2.60. The first kappa shape index (κ1) is 21.5. The summed E-state index contributed by atoms with van der Waals surface area (Å²) in [7, 11) is 0. The van der Waals surface area contributed by atoms with E-state index in [1.807, 2.05) is 6.08 Å². The van der Waals surface area contributed by atoms with Gasteiger partial charge in [0.25, 0.3) is 0 Å². The third-order valence-corrected chi connectivity index (χ3v) is 9.92. The van der Waals surface area contributed by atoms with Gasteiger partial charge in [-0.15, -0.1) is 0 Å². The van der Waals surface area contributed by atoms with E-state index in [9.17, 15) is 19.8 Å². The van der Waals surface area contributed by atoms with E-state index < -0.39 is 23.7 Å². The summed E-state index contributed by atoms with van der Waals surface area (Å²) in [5, 5.41) is 21.5. The molecule has 170 valence electrons. The zero-order valence-corrected chi connectivity index (χ0v) is 19.0. The minimum absolute atomic E-state index is 0.0410. The minimum Gasteiger partial charge on any atom is -0.393 e. The number of aliphatic hydroxyl groups is 2. The average Bonchev–Trinajstić information content (AvgIpc) is 3.20. The number of carbonyl (C=O) groups is 2. The Kier molecular flexibility index (Phi) is 4.93. The number of aliphatic hydroxyl groups excluding tert-OH is 2. The molecule has 0 amide bonds. The van der Waals surface area contributed by atoms with E-state index in [1.165, 1.54) is 0 Å². The van der Waals surface area contributed by atoms with Gasteiger partial charge < -0.3 is 14.9 Å². The zero-order valence-electron chi connectivity index (χ0n) is 19.0. The fourth-order valence-electron chi connectivity index (χ4n) is 8.82. The number of ether oxygens (including phenoxy) is 1. The van der Waals surface area contributed by atoms with Crippen molar-refractivity contribution in [3.63, 3.8) is 0 Å². The number of hydrogen-bond donors (Lipinski definition) is 2. The van der Waals surface area contributed by atoms with Crippen LogP contribution >= 0.6 is 0 Å². The molecule has 1 saturated heterocycles. The SMILES string of the molecule is CCCC1C[C@@H]2C[C@H]3[C@@H]4CCC5=CC(=O)C=C[C@]5(C)[C@H]4[C@@H](O)C[C@]3(C)[C@]2(C(=O)CO)O1. The lowest BCUT2D eigenvalue weighted by Crippen LogP contribution is -2.63. The molecule has 0 aromatic rings. The number of ketones is 2. The maximum Gasteiger partial charge on any atom is 0.190 e. The lowest BCUT2D eigenvalue weighted by molar-refractivity contribution is -0.195. The van der Waals surface area contributed by atoms with Crippen LogP contribution in [0, 0.1) is 34.5 Å². The molecular weight excluding hydrogens is 392 g/mol. The van der Waals surface area contributed by atoms with E-state index in [0.717, 1.165) is 44.1 Å². The van der Waals surface area contributed by atoms with Crippen molar-refractivity contribution in [2.45, 2.75) is 83.5 Å². The fraction of sp³-hybridized carbons (Fsp3) is 0.769. The Bertz CT molecular complexity index is 860. The molecule has 31 heavy (non-hydrogen) atoms. The van der Waals surface area contributed by atoms with Crippen molar-refractivity contribution in [2.24, 2.45) is 34.5 Å². The largest absolute Gasteiger partial charge is 0.393 e. The van der Waals surface area contributed by atoms with E-state index in [2.05, 4.69) is 20.8 Å². The van der Waals surface area contributed by atoms with E-state index >= 15 is 0 Å². The van der Waals surface area contributed by atoms with Gasteiger partial charge in [-0.2, -0.15) is 0 Å². The molecule has 4 aliphatic carbocycles. The minimum atomic E-state index is -0.979. The lowest BCUT2D eigenvalue weighted by atomic mass is 9.46. The maximum atomic E-state index is 13.3. The van der Waals surface area contributed by atoms with Crippen LogP contribution in [0.5, 0.6) is 0 Å². The molecule has 2 N–H and O–H groups in total. The summed E-state index contributed by atoms with van der Waals surface area (Å²) in [4.78, 5) is 25.3. The second-order valence-electron chi connectivity index (χ2n) is 11.2. The van der Waals surface area contributed by atoms with Crippen LogP contribution in [0.2, 0.25) is 0 Å². The number of carbonyl (C=O) groups excluding carboxylic acids is 2. The quantitative estimate of drug-likeness (QED) is 0.717. The molecule has 3 saturated carbocycles. The monoisotopic (exact) mass is 428 g/mol. The molecule has 1 heterocycles.